The third-order valence-electron chi connectivity index (χ3n) is 4.95. The SMILES string of the molecule is COc1ccc(C2N=C(Nc3nc(C)cc(C)n3)Nc3nc4ccccc4n32)cc1. The van der Waals surface area contributed by atoms with Gasteiger partial charge in [0.25, 0.3) is 0 Å². The molecule has 4 aromatic rings. The molecule has 0 aliphatic carbocycles. The molecule has 3 heterocycles. The molecule has 150 valence electrons. The number of hydrogen-bond donors (Lipinski definition) is 2. The van der Waals surface area contributed by atoms with Crippen LogP contribution in [0.5, 0.6) is 5.75 Å². The van der Waals surface area contributed by atoms with E-state index in [0.29, 0.717) is 17.9 Å². The number of anilines is 2. The first kappa shape index (κ1) is 18.1. The number of aromatic nitrogens is 4. The maximum Gasteiger partial charge on any atom is 0.229 e. The first-order valence-electron chi connectivity index (χ1n) is 9.66. The molecular formula is C22H21N7O. The number of nitrogens with zero attached hydrogens (tertiary/aromatic N) is 5. The second-order valence-corrected chi connectivity index (χ2v) is 7.14. The summed E-state index contributed by atoms with van der Waals surface area (Å²) >= 11 is 0. The fourth-order valence-corrected chi connectivity index (χ4v) is 3.65. The van der Waals surface area contributed by atoms with E-state index >= 15 is 0 Å². The first-order chi connectivity index (χ1) is 14.6. The van der Waals surface area contributed by atoms with E-state index in [4.69, 9.17) is 14.7 Å². The molecular weight excluding hydrogens is 378 g/mol. The summed E-state index contributed by atoms with van der Waals surface area (Å²) in [6, 6.07) is 17.9. The number of aliphatic imine (C=N–C) groups is 1. The van der Waals surface area contributed by atoms with Crippen LogP contribution in [0.3, 0.4) is 0 Å². The van der Waals surface area contributed by atoms with E-state index in [-0.39, 0.29) is 6.17 Å². The van der Waals surface area contributed by atoms with Crippen LogP contribution in [0.25, 0.3) is 11.0 Å². The Balaban J connectivity index is 1.60. The van der Waals surface area contributed by atoms with Gasteiger partial charge < -0.3 is 4.74 Å². The van der Waals surface area contributed by atoms with Crippen LogP contribution >= 0.6 is 0 Å². The fraction of sp³-hybridized carbons (Fsp3) is 0.182. The molecule has 0 amide bonds. The van der Waals surface area contributed by atoms with Crippen LogP contribution in [0.1, 0.15) is 23.1 Å². The van der Waals surface area contributed by atoms with E-state index in [1.807, 2.05) is 68.4 Å². The summed E-state index contributed by atoms with van der Waals surface area (Å²) in [5.41, 5.74) is 4.70. The largest absolute Gasteiger partial charge is 0.497 e. The number of rotatable bonds is 3. The van der Waals surface area contributed by atoms with Gasteiger partial charge in [0.1, 0.15) is 5.75 Å². The molecule has 2 aromatic heterocycles. The highest BCUT2D eigenvalue weighted by Crippen LogP contribution is 2.33. The molecule has 0 fully saturated rings. The number of ether oxygens (including phenoxy) is 1. The minimum absolute atomic E-state index is 0.298. The number of hydrogen-bond acceptors (Lipinski definition) is 7. The number of imidazole rings is 1. The number of benzene rings is 2. The van der Waals surface area contributed by atoms with Crippen LogP contribution in [0.2, 0.25) is 0 Å². The Hall–Kier alpha value is -3.94. The monoisotopic (exact) mass is 399 g/mol. The second-order valence-electron chi connectivity index (χ2n) is 7.14. The van der Waals surface area contributed by atoms with Gasteiger partial charge in [-0.1, -0.05) is 24.3 Å². The third kappa shape index (κ3) is 3.22. The van der Waals surface area contributed by atoms with E-state index in [2.05, 4.69) is 25.2 Å². The number of fused-ring (bicyclic) bond motifs is 3. The Morgan fingerprint density at radius 3 is 2.43 bits per heavy atom. The fourth-order valence-electron chi connectivity index (χ4n) is 3.65. The minimum atomic E-state index is -0.298. The highest BCUT2D eigenvalue weighted by molar-refractivity contribution is 6.03. The van der Waals surface area contributed by atoms with E-state index in [9.17, 15) is 0 Å². The average molecular weight is 399 g/mol. The van der Waals surface area contributed by atoms with Crippen molar-refractivity contribution < 1.29 is 4.74 Å². The van der Waals surface area contributed by atoms with Crippen molar-refractivity contribution in [1.82, 2.24) is 19.5 Å². The van der Waals surface area contributed by atoms with Crippen molar-refractivity contribution in [2.75, 3.05) is 17.7 Å². The van der Waals surface area contributed by atoms with Crippen LogP contribution in [0.15, 0.2) is 59.6 Å². The summed E-state index contributed by atoms with van der Waals surface area (Å²) in [5.74, 6) is 2.55. The predicted molar refractivity (Wildman–Crippen MR) is 117 cm³/mol. The molecule has 0 spiro atoms. The highest BCUT2D eigenvalue weighted by Gasteiger charge is 2.26. The Bertz CT molecular complexity index is 1240. The van der Waals surface area contributed by atoms with Crippen LogP contribution in [0.4, 0.5) is 11.9 Å². The van der Waals surface area contributed by atoms with E-state index in [1.165, 1.54) is 0 Å². The minimum Gasteiger partial charge on any atom is -0.497 e. The van der Waals surface area contributed by atoms with Crippen molar-refractivity contribution in [2.45, 2.75) is 20.0 Å². The van der Waals surface area contributed by atoms with Gasteiger partial charge in [-0.2, -0.15) is 0 Å². The van der Waals surface area contributed by atoms with Crippen molar-refractivity contribution in [1.29, 1.82) is 0 Å². The lowest BCUT2D eigenvalue weighted by Gasteiger charge is -2.25. The normalized spacial score (nSPS) is 15.3. The maximum absolute atomic E-state index is 5.31. The van der Waals surface area contributed by atoms with Crippen LogP contribution < -0.4 is 15.4 Å². The summed E-state index contributed by atoms with van der Waals surface area (Å²) < 4.78 is 7.40. The molecule has 1 aliphatic rings. The highest BCUT2D eigenvalue weighted by atomic mass is 16.5. The van der Waals surface area contributed by atoms with Gasteiger partial charge in [0, 0.05) is 11.4 Å². The molecule has 30 heavy (non-hydrogen) atoms. The summed E-state index contributed by atoms with van der Waals surface area (Å²) in [7, 11) is 1.66. The Morgan fingerprint density at radius 2 is 1.70 bits per heavy atom. The van der Waals surface area contributed by atoms with Gasteiger partial charge >= 0.3 is 0 Å². The molecule has 8 heteroatoms. The molecule has 2 N–H and O–H groups in total. The molecule has 0 radical (unpaired) electrons. The molecule has 1 atom stereocenters. The van der Waals surface area contributed by atoms with Gasteiger partial charge in [0.2, 0.25) is 17.9 Å². The predicted octanol–water partition coefficient (Wildman–Crippen LogP) is 3.89. The molecule has 0 saturated heterocycles. The van der Waals surface area contributed by atoms with Gasteiger partial charge in [-0.15, -0.1) is 0 Å². The maximum atomic E-state index is 5.31. The lowest BCUT2D eigenvalue weighted by atomic mass is 10.1. The lowest BCUT2D eigenvalue weighted by molar-refractivity contribution is 0.414. The molecule has 0 bridgehead atoms. The van der Waals surface area contributed by atoms with Crippen LogP contribution in [-0.4, -0.2) is 32.6 Å². The zero-order chi connectivity index (χ0) is 20.7. The lowest BCUT2D eigenvalue weighted by Crippen LogP contribution is -2.31. The topological polar surface area (TPSA) is 89.2 Å². The first-order valence-corrected chi connectivity index (χ1v) is 9.66. The Labute approximate surface area is 173 Å². The van der Waals surface area contributed by atoms with Gasteiger partial charge in [-0.3, -0.25) is 15.2 Å². The van der Waals surface area contributed by atoms with Crippen molar-refractivity contribution >= 4 is 28.9 Å². The quantitative estimate of drug-likeness (QED) is 0.543. The second kappa shape index (κ2) is 7.14. The zero-order valence-corrected chi connectivity index (χ0v) is 16.9. The van der Waals surface area contributed by atoms with E-state index in [0.717, 1.165) is 33.7 Å². The third-order valence-corrected chi connectivity index (χ3v) is 4.95. The average Bonchev–Trinajstić information content (AvgIpc) is 3.11. The number of nitrogens with one attached hydrogen (secondary N) is 2. The molecule has 0 saturated carbocycles. The summed E-state index contributed by atoms with van der Waals surface area (Å²) in [6.45, 7) is 3.88. The molecule has 8 nitrogen and oxygen atoms in total. The van der Waals surface area contributed by atoms with Gasteiger partial charge in [-0.05, 0) is 49.7 Å². The molecule has 1 unspecified atom stereocenters. The van der Waals surface area contributed by atoms with E-state index in [1.54, 1.807) is 7.11 Å². The smallest absolute Gasteiger partial charge is 0.229 e. The van der Waals surface area contributed by atoms with Gasteiger partial charge in [-0.25, -0.2) is 19.9 Å². The van der Waals surface area contributed by atoms with Crippen molar-refractivity contribution in [3.8, 4) is 5.75 Å². The Morgan fingerprint density at radius 1 is 0.967 bits per heavy atom. The number of methoxy groups -OCH3 is 1. The summed E-state index contributed by atoms with van der Waals surface area (Å²) in [5, 5.41) is 6.49. The summed E-state index contributed by atoms with van der Waals surface area (Å²) in [4.78, 5) is 18.6. The number of para-hydroxylation sites is 2. The van der Waals surface area contributed by atoms with Gasteiger partial charge in [0.05, 0.1) is 18.1 Å². The van der Waals surface area contributed by atoms with Crippen LogP contribution in [0, 0.1) is 13.8 Å². The number of aryl methyl sites for hydroxylation is 2. The Kier molecular flexibility index (Phi) is 4.31. The zero-order valence-electron chi connectivity index (χ0n) is 16.9. The van der Waals surface area contributed by atoms with E-state index < -0.39 is 0 Å². The van der Waals surface area contributed by atoms with Crippen molar-refractivity contribution in [3.05, 3.63) is 71.5 Å². The molecule has 2 aromatic carbocycles. The number of guanidine groups is 1. The van der Waals surface area contributed by atoms with Crippen molar-refractivity contribution in [2.24, 2.45) is 4.99 Å². The molecule has 1 aliphatic heterocycles. The summed E-state index contributed by atoms with van der Waals surface area (Å²) in [6.07, 6.45) is -0.298. The van der Waals surface area contributed by atoms with Gasteiger partial charge in [0.15, 0.2) is 6.17 Å². The standard InChI is InChI=1S/C22H21N7O/c1-13-12-14(2)24-20(23-13)27-21-26-19(15-8-10-16(30-3)11-9-15)29-18-7-5-4-6-17(18)25-22(29)28-21/h4-12,19H,1-3H3,(H2,23,24,25,26,27,28). The van der Waals surface area contributed by atoms with Crippen LogP contribution in [-0.2, 0) is 0 Å². The molecule has 5 rings (SSSR count). The van der Waals surface area contributed by atoms with Crippen molar-refractivity contribution in [3.63, 3.8) is 0 Å².